The van der Waals surface area contributed by atoms with Gasteiger partial charge in [0.25, 0.3) is 0 Å². The number of anilines is 1. The smallest absolute Gasteiger partial charge is 0.232 e. The summed E-state index contributed by atoms with van der Waals surface area (Å²) >= 11 is 3.55. The van der Waals surface area contributed by atoms with Crippen molar-refractivity contribution in [2.24, 2.45) is 0 Å². The number of hydrogen-bond donors (Lipinski definition) is 1. The molecule has 1 atom stereocenters. The van der Waals surface area contributed by atoms with Gasteiger partial charge in [-0.2, -0.15) is 0 Å². The Morgan fingerprint density at radius 1 is 1.16 bits per heavy atom. The highest BCUT2D eigenvalue weighted by Gasteiger charge is 2.31. The van der Waals surface area contributed by atoms with Crippen molar-refractivity contribution in [3.63, 3.8) is 0 Å². The largest absolute Gasteiger partial charge is 0.325 e. The molecule has 2 aromatic rings. The van der Waals surface area contributed by atoms with Crippen molar-refractivity contribution < 1.29 is 4.79 Å². The molecule has 1 unspecified atom stereocenters. The van der Waals surface area contributed by atoms with Crippen LogP contribution in [0.25, 0.3) is 0 Å². The molecular weight excluding hydrogens is 302 g/mol. The number of nitrogens with one attached hydrogen (secondary N) is 1. The lowest BCUT2D eigenvalue weighted by Crippen LogP contribution is -2.14. The summed E-state index contributed by atoms with van der Waals surface area (Å²) in [6.45, 7) is 2.03. The first-order valence-corrected chi connectivity index (χ1v) is 7.10. The standard InChI is InChI=1S/C16H14BrNO/c1-10-5-4-7-12-13(16(19)18-15(10)12)9-11-6-2-3-8-14(11)17/h2-8,13H,9H2,1H3,(H,18,19). The van der Waals surface area contributed by atoms with Gasteiger partial charge in [0.15, 0.2) is 0 Å². The number of halogens is 1. The molecule has 0 fully saturated rings. The molecule has 1 aliphatic rings. The van der Waals surface area contributed by atoms with E-state index in [1.807, 2.05) is 43.3 Å². The minimum absolute atomic E-state index is 0.0893. The molecule has 3 rings (SSSR count). The van der Waals surface area contributed by atoms with Crippen LogP contribution in [0.3, 0.4) is 0 Å². The average Bonchev–Trinajstić information content (AvgIpc) is 2.71. The lowest BCUT2D eigenvalue weighted by atomic mass is 9.92. The Morgan fingerprint density at radius 3 is 2.74 bits per heavy atom. The third-order valence-corrected chi connectivity index (χ3v) is 4.40. The van der Waals surface area contributed by atoms with Crippen molar-refractivity contribution in [3.05, 3.63) is 63.6 Å². The SMILES string of the molecule is Cc1cccc2c1NC(=O)C2Cc1ccccc1Br. The van der Waals surface area contributed by atoms with E-state index >= 15 is 0 Å². The number of amides is 1. The molecule has 2 nitrogen and oxygen atoms in total. The molecule has 1 aliphatic heterocycles. The zero-order valence-corrected chi connectivity index (χ0v) is 12.2. The fraction of sp³-hybridized carbons (Fsp3) is 0.188. The predicted molar refractivity (Wildman–Crippen MR) is 80.4 cm³/mol. The van der Waals surface area contributed by atoms with Gasteiger partial charge in [0, 0.05) is 10.2 Å². The Hall–Kier alpha value is -1.61. The molecule has 2 aromatic carbocycles. The van der Waals surface area contributed by atoms with Crippen LogP contribution in [-0.4, -0.2) is 5.91 Å². The summed E-state index contributed by atoms with van der Waals surface area (Å²) in [6.07, 6.45) is 0.726. The summed E-state index contributed by atoms with van der Waals surface area (Å²) in [5.41, 5.74) is 4.39. The van der Waals surface area contributed by atoms with Crippen LogP contribution in [0.5, 0.6) is 0 Å². The second kappa shape index (κ2) is 4.82. The lowest BCUT2D eigenvalue weighted by molar-refractivity contribution is -0.117. The van der Waals surface area contributed by atoms with Crippen LogP contribution in [-0.2, 0) is 11.2 Å². The van der Waals surface area contributed by atoms with Gasteiger partial charge in [0.1, 0.15) is 0 Å². The van der Waals surface area contributed by atoms with E-state index in [1.54, 1.807) is 0 Å². The average molecular weight is 316 g/mol. The van der Waals surface area contributed by atoms with Crippen LogP contribution in [0.2, 0.25) is 0 Å². The quantitative estimate of drug-likeness (QED) is 0.890. The van der Waals surface area contributed by atoms with Gasteiger partial charge in [-0.05, 0) is 36.1 Å². The topological polar surface area (TPSA) is 29.1 Å². The third kappa shape index (κ3) is 2.19. The van der Waals surface area contributed by atoms with Gasteiger partial charge in [0.2, 0.25) is 5.91 Å². The molecule has 0 bridgehead atoms. The number of para-hydroxylation sites is 1. The summed E-state index contributed by atoms with van der Waals surface area (Å²) in [4.78, 5) is 12.2. The molecule has 0 aliphatic carbocycles. The van der Waals surface area contributed by atoms with Crippen LogP contribution < -0.4 is 5.32 Å². The van der Waals surface area contributed by atoms with Crippen LogP contribution >= 0.6 is 15.9 Å². The third-order valence-electron chi connectivity index (χ3n) is 3.63. The van der Waals surface area contributed by atoms with E-state index in [9.17, 15) is 4.79 Å². The number of rotatable bonds is 2. The number of carbonyl (C=O) groups excluding carboxylic acids is 1. The first kappa shape index (κ1) is 12.4. The Morgan fingerprint density at radius 2 is 1.95 bits per heavy atom. The summed E-state index contributed by atoms with van der Waals surface area (Å²) in [6, 6.07) is 14.2. The number of carbonyl (C=O) groups is 1. The maximum Gasteiger partial charge on any atom is 0.232 e. The van der Waals surface area contributed by atoms with Gasteiger partial charge in [0.05, 0.1) is 5.92 Å². The van der Waals surface area contributed by atoms with Gasteiger partial charge in [-0.3, -0.25) is 4.79 Å². The zero-order chi connectivity index (χ0) is 13.4. The van der Waals surface area contributed by atoms with Crippen LogP contribution in [0, 0.1) is 6.92 Å². The molecule has 96 valence electrons. The minimum Gasteiger partial charge on any atom is -0.325 e. The normalized spacial score (nSPS) is 17.2. The van der Waals surface area contributed by atoms with Crippen molar-refractivity contribution in [1.82, 2.24) is 0 Å². The Labute approximate surface area is 121 Å². The van der Waals surface area contributed by atoms with Crippen molar-refractivity contribution in [3.8, 4) is 0 Å². The second-order valence-corrected chi connectivity index (χ2v) is 5.73. The second-order valence-electron chi connectivity index (χ2n) is 4.88. The minimum atomic E-state index is -0.0893. The summed E-state index contributed by atoms with van der Waals surface area (Å²) in [5, 5.41) is 3.00. The summed E-state index contributed by atoms with van der Waals surface area (Å²) in [5.74, 6) is 0.00801. The van der Waals surface area contributed by atoms with Crippen molar-refractivity contribution in [2.75, 3.05) is 5.32 Å². The first-order valence-electron chi connectivity index (χ1n) is 6.30. The fourth-order valence-corrected chi connectivity index (χ4v) is 3.04. The predicted octanol–water partition coefficient (Wildman–Crippen LogP) is 4.04. The Kier molecular flexibility index (Phi) is 3.15. The highest BCUT2D eigenvalue weighted by molar-refractivity contribution is 9.10. The first-order chi connectivity index (χ1) is 9.16. The molecule has 3 heteroatoms. The number of benzene rings is 2. The van der Waals surface area contributed by atoms with Gasteiger partial charge in [-0.1, -0.05) is 52.3 Å². The van der Waals surface area contributed by atoms with E-state index in [2.05, 4.69) is 27.3 Å². The van der Waals surface area contributed by atoms with Gasteiger partial charge < -0.3 is 5.32 Å². The van der Waals surface area contributed by atoms with Crippen molar-refractivity contribution in [2.45, 2.75) is 19.3 Å². The summed E-state index contributed by atoms with van der Waals surface area (Å²) in [7, 11) is 0. The van der Waals surface area contributed by atoms with E-state index in [-0.39, 0.29) is 11.8 Å². The Balaban J connectivity index is 1.97. The van der Waals surface area contributed by atoms with Gasteiger partial charge in [-0.15, -0.1) is 0 Å². The van der Waals surface area contributed by atoms with Gasteiger partial charge in [-0.25, -0.2) is 0 Å². The molecule has 1 N–H and O–H groups in total. The molecule has 0 spiro atoms. The maximum atomic E-state index is 12.2. The number of fused-ring (bicyclic) bond motifs is 1. The van der Waals surface area contributed by atoms with Crippen LogP contribution in [0.4, 0.5) is 5.69 Å². The lowest BCUT2D eigenvalue weighted by Gasteiger charge is -2.10. The maximum absolute atomic E-state index is 12.2. The molecule has 0 radical (unpaired) electrons. The highest BCUT2D eigenvalue weighted by Crippen LogP contribution is 2.37. The Bertz CT molecular complexity index is 651. The molecule has 0 saturated heterocycles. The molecular formula is C16H14BrNO. The monoisotopic (exact) mass is 315 g/mol. The molecule has 0 saturated carbocycles. The van der Waals surface area contributed by atoms with Crippen molar-refractivity contribution in [1.29, 1.82) is 0 Å². The highest BCUT2D eigenvalue weighted by atomic mass is 79.9. The number of hydrogen-bond acceptors (Lipinski definition) is 1. The molecule has 1 heterocycles. The van der Waals surface area contributed by atoms with Crippen LogP contribution in [0.1, 0.15) is 22.6 Å². The molecule has 19 heavy (non-hydrogen) atoms. The van der Waals surface area contributed by atoms with Crippen molar-refractivity contribution >= 4 is 27.5 Å². The summed E-state index contributed by atoms with van der Waals surface area (Å²) < 4.78 is 1.06. The zero-order valence-electron chi connectivity index (χ0n) is 10.6. The van der Waals surface area contributed by atoms with E-state index < -0.39 is 0 Å². The molecule has 1 amide bonds. The molecule has 0 aromatic heterocycles. The van der Waals surface area contributed by atoms with E-state index in [4.69, 9.17) is 0 Å². The number of aryl methyl sites for hydroxylation is 1. The van der Waals surface area contributed by atoms with E-state index in [1.165, 1.54) is 0 Å². The van der Waals surface area contributed by atoms with E-state index in [0.717, 1.165) is 33.3 Å². The fourth-order valence-electron chi connectivity index (χ4n) is 2.59. The van der Waals surface area contributed by atoms with Gasteiger partial charge >= 0.3 is 0 Å². The van der Waals surface area contributed by atoms with E-state index in [0.29, 0.717) is 0 Å². The van der Waals surface area contributed by atoms with Crippen LogP contribution in [0.15, 0.2) is 46.9 Å².